The van der Waals surface area contributed by atoms with Crippen molar-refractivity contribution in [3.63, 3.8) is 0 Å². The smallest absolute Gasteiger partial charge is 0.191 e. The molecule has 1 aliphatic rings. The third-order valence-corrected chi connectivity index (χ3v) is 4.98. The first-order valence-electron chi connectivity index (χ1n) is 9.22. The van der Waals surface area contributed by atoms with E-state index < -0.39 is 0 Å². The van der Waals surface area contributed by atoms with Crippen molar-refractivity contribution in [1.82, 2.24) is 15.8 Å². The van der Waals surface area contributed by atoms with Crippen LogP contribution in [0.15, 0.2) is 45.9 Å². The largest absolute Gasteiger partial charge is 0.359 e. The van der Waals surface area contributed by atoms with Crippen molar-refractivity contribution < 1.29 is 4.52 Å². The number of nitrogens with one attached hydrogen (secondary N) is 2. The van der Waals surface area contributed by atoms with Crippen molar-refractivity contribution in [3.05, 3.63) is 53.4 Å². The summed E-state index contributed by atoms with van der Waals surface area (Å²) in [4.78, 5) is 4.32. The van der Waals surface area contributed by atoms with Gasteiger partial charge in [0.1, 0.15) is 0 Å². The molecule has 0 saturated heterocycles. The molecule has 2 aromatic rings. The number of rotatable bonds is 7. The highest BCUT2D eigenvalue weighted by Gasteiger charge is 2.38. The lowest BCUT2D eigenvalue weighted by molar-refractivity contribution is 0.368. The van der Waals surface area contributed by atoms with Crippen LogP contribution in [0.2, 0.25) is 0 Å². The first-order valence-corrected chi connectivity index (χ1v) is 9.22. The molecule has 0 bridgehead atoms. The zero-order chi connectivity index (χ0) is 17.6. The zero-order valence-corrected chi connectivity index (χ0v) is 15.3. The maximum atomic E-state index is 5.46. The van der Waals surface area contributed by atoms with Crippen LogP contribution in [0, 0.1) is 0 Å². The third kappa shape index (κ3) is 4.41. The minimum Gasteiger partial charge on any atom is -0.359 e. The van der Waals surface area contributed by atoms with Crippen LogP contribution in [-0.2, 0) is 6.54 Å². The SMILES string of the molecule is CCC(CC)c1cc(CNC(=NC)NC2CC2c2ccccc2)on1. The summed E-state index contributed by atoms with van der Waals surface area (Å²) in [5.41, 5.74) is 2.44. The van der Waals surface area contributed by atoms with Gasteiger partial charge in [0.15, 0.2) is 11.7 Å². The molecular formula is C20H28N4O. The third-order valence-electron chi connectivity index (χ3n) is 4.98. The molecule has 0 radical (unpaired) electrons. The van der Waals surface area contributed by atoms with Gasteiger partial charge in [-0.3, -0.25) is 4.99 Å². The zero-order valence-electron chi connectivity index (χ0n) is 15.3. The van der Waals surface area contributed by atoms with Crippen LogP contribution in [0.1, 0.15) is 62.0 Å². The summed E-state index contributed by atoms with van der Waals surface area (Å²) in [7, 11) is 1.80. The molecule has 1 aromatic carbocycles. The Kier molecular flexibility index (Phi) is 5.74. The van der Waals surface area contributed by atoms with Crippen molar-refractivity contribution in [2.75, 3.05) is 7.05 Å². The molecule has 1 heterocycles. The van der Waals surface area contributed by atoms with Crippen molar-refractivity contribution in [3.8, 4) is 0 Å². The lowest BCUT2D eigenvalue weighted by Gasteiger charge is -2.10. The first-order chi connectivity index (χ1) is 12.2. The lowest BCUT2D eigenvalue weighted by atomic mass is 9.99. The average Bonchev–Trinajstić information content (AvgIpc) is 3.27. The fourth-order valence-electron chi connectivity index (χ4n) is 3.28. The van der Waals surface area contributed by atoms with Crippen LogP contribution in [0.5, 0.6) is 0 Å². The standard InChI is InChI=1S/C20H28N4O/c1-4-14(5-2)18-11-16(25-24-18)13-22-20(21-3)23-19-12-17(19)15-9-7-6-8-10-15/h6-11,14,17,19H,4-5,12-13H2,1-3H3,(H2,21,22,23). The number of hydrogen-bond acceptors (Lipinski definition) is 3. The molecule has 2 atom stereocenters. The maximum Gasteiger partial charge on any atom is 0.191 e. The van der Waals surface area contributed by atoms with E-state index in [1.807, 2.05) is 0 Å². The van der Waals surface area contributed by atoms with Gasteiger partial charge in [-0.25, -0.2) is 0 Å². The number of aromatic nitrogens is 1. The molecule has 0 aliphatic heterocycles. The Morgan fingerprint density at radius 2 is 2.04 bits per heavy atom. The Morgan fingerprint density at radius 1 is 1.28 bits per heavy atom. The molecule has 2 unspecified atom stereocenters. The van der Waals surface area contributed by atoms with E-state index >= 15 is 0 Å². The van der Waals surface area contributed by atoms with Crippen LogP contribution in [-0.4, -0.2) is 24.2 Å². The summed E-state index contributed by atoms with van der Waals surface area (Å²) < 4.78 is 5.46. The Labute approximate surface area is 149 Å². The van der Waals surface area contributed by atoms with Crippen molar-refractivity contribution in [1.29, 1.82) is 0 Å². The van der Waals surface area contributed by atoms with Crippen molar-refractivity contribution in [2.45, 2.75) is 57.5 Å². The van der Waals surface area contributed by atoms with E-state index in [4.69, 9.17) is 4.52 Å². The molecule has 134 valence electrons. The summed E-state index contributed by atoms with van der Waals surface area (Å²) in [5, 5.41) is 11.0. The minimum absolute atomic E-state index is 0.448. The quantitative estimate of drug-likeness (QED) is 0.594. The molecular weight excluding hydrogens is 312 g/mol. The van der Waals surface area contributed by atoms with Gasteiger partial charge in [-0.1, -0.05) is 49.3 Å². The summed E-state index contributed by atoms with van der Waals surface area (Å²) in [6.07, 6.45) is 3.31. The molecule has 25 heavy (non-hydrogen) atoms. The molecule has 5 nitrogen and oxygen atoms in total. The molecule has 3 rings (SSSR count). The fraction of sp³-hybridized carbons (Fsp3) is 0.500. The number of benzene rings is 1. The second-order valence-corrected chi connectivity index (χ2v) is 6.66. The topological polar surface area (TPSA) is 62.5 Å². The average molecular weight is 340 g/mol. The predicted octanol–water partition coefficient (Wildman–Crippen LogP) is 3.80. The lowest BCUT2D eigenvalue weighted by Crippen LogP contribution is -2.38. The summed E-state index contributed by atoms with van der Waals surface area (Å²) in [6, 6.07) is 13.1. The summed E-state index contributed by atoms with van der Waals surface area (Å²) >= 11 is 0. The van der Waals surface area contributed by atoms with Crippen LogP contribution in [0.3, 0.4) is 0 Å². The number of guanidine groups is 1. The van der Waals surface area contributed by atoms with Gasteiger partial charge in [-0.15, -0.1) is 0 Å². The molecule has 1 saturated carbocycles. The molecule has 1 aliphatic carbocycles. The Morgan fingerprint density at radius 3 is 2.72 bits per heavy atom. The second kappa shape index (κ2) is 8.19. The molecule has 5 heteroatoms. The normalized spacial score (nSPS) is 19.9. The van der Waals surface area contributed by atoms with Crippen molar-refractivity contribution >= 4 is 5.96 Å². The highest BCUT2D eigenvalue weighted by Crippen LogP contribution is 2.40. The van der Waals surface area contributed by atoms with Crippen LogP contribution < -0.4 is 10.6 Å². The minimum atomic E-state index is 0.448. The molecule has 0 spiro atoms. The highest BCUT2D eigenvalue weighted by atomic mass is 16.5. The number of nitrogens with zero attached hydrogens (tertiary/aromatic N) is 2. The van der Waals surface area contributed by atoms with Gasteiger partial charge < -0.3 is 15.2 Å². The Balaban J connectivity index is 1.49. The molecule has 1 fully saturated rings. The van der Waals surface area contributed by atoms with Crippen LogP contribution >= 0.6 is 0 Å². The number of aliphatic imine (C=N–C) groups is 1. The van der Waals surface area contributed by atoms with Gasteiger partial charge >= 0.3 is 0 Å². The highest BCUT2D eigenvalue weighted by molar-refractivity contribution is 5.80. The Hall–Kier alpha value is -2.30. The van der Waals surface area contributed by atoms with E-state index in [0.717, 1.165) is 36.7 Å². The van der Waals surface area contributed by atoms with Gasteiger partial charge in [0, 0.05) is 31.0 Å². The molecule has 2 N–H and O–H groups in total. The Bertz CT molecular complexity index is 691. The monoisotopic (exact) mass is 340 g/mol. The van der Waals surface area contributed by atoms with E-state index in [0.29, 0.717) is 24.4 Å². The number of hydrogen-bond donors (Lipinski definition) is 2. The van der Waals surface area contributed by atoms with E-state index in [-0.39, 0.29) is 0 Å². The summed E-state index contributed by atoms with van der Waals surface area (Å²) in [6.45, 7) is 4.96. The summed E-state index contributed by atoms with van der Waals surface area (Å²) in [5.74, 6) is 2.71. The predicted molar refractivity (Wildman–Crippen MR) is 101 cm³/mol. The van der Waals surface area contributed by atoms with Gasteiger partial charge in [-0.2, -0.15) is 0 Å². The van der Waals surface area contributed by atoms with E-state index in [2.05, 4.69) is 71.0 Å². The molecule has 0 amide bonds. The van der Waals surface area contributed by atoms with Crippen molar-refractivity contribution in [2.24, 2.45) is 4.99 Å². The van der Waals surface area contributed by atoms with E-state index in [1.54, 1.807) is 7.05 Å². The van der Waals surface area contributed by atoms with Gasteiger partial charge in [0.2, 0.25) is 0 Å². The second-order valence-electron chi connectivity index (χ2n) is 6.66. The molecule has 1 aromatic heterocycles. The maximum absolute atomic E-state index is 5.46. The van der Waals surface area contributed by atoms with Crippen LogP contribution in [0.25, 0.3) is 0 Å². The van der Waals surface area contributed by atoms with E-state index in [9.17, 15) is 0 Å². The van der Waals surface area contributed by atoms with Gasteiger partial charge in [0.25, 0.3) is 0 Å². The van der Waals surface area contributed by atoms with E-state index in [1.165, 1.54) is 5.56 Å². The van der Waals surface area contributed by atoms with Gasteiger partial charge in [-0.05, 0) is 24.8 Å². The van der Waals surface area contributed by atoms with Crippen LogP contribution in [0.4, 0.5) is 0 Å². The van der Waals surface area contributed by atoms with Gasteiger partial charge in [0.05, 0.1) is 12.2 Å². The fourth-order valence-corrected chi connectivity index (χ4v) is 3.28. The first kappa shape index (κ1) is 17.5.